The number of aldehydes is 1. The zero-order valence-corrected chi connectivity index (χ0v) is 22.2. The van der Waals surface area contributed by atoms with Gasteiger partial charge in [0.1, 0.15) is 28.9 Å². The number of benzene rings is 1. The van der Waals surface area contributed by atoms with Crippen molar-refractivity contribution >= 4 is 18.3 Å². The monoisotopic (exact) mass is 538 g/mol. The maximum atomic E-state index is 13.1. The first-order valence-electron chi connectivity index (χ1n) is 12.1. The van der Waals surface area contributed by atoms with Gasteiger partial charge in [-0.15, -0.1) is 6.58 Å². The number of phenols is 2. The minimum Gasteiger partial charge on any atom is -0.508 e. The van der Waals surface area contributed by atoms with Gasteiger partial charge in [-0.2, -0.15) is 13.2 Å². The molecule has 210 valence electrons. The Balaban J connectivity index is 0.00000150. The number of carbonyl (C=O) groups excluding carboxylic acids is 2. The van der Waals surface area contributed by atoms with Crippen LogP contribution in [0, 0.1) is 12.8 Å². The molecule has 38 heavy (non-hydrogen) atoms. The van der Waals surface area contributed by atoms with Crippen LogP contribution in [0.3, 0.4) is 0 Å². The number of allylic oxidation sites excluding steroid dienone is 4. The largest absolute Gasteiger partial charge is 0.508 e. The number of carbonyl (C=O) groups is 2. The van der Waals surface area contributed by atoms with Gasteiger partial charge < -0.3 is 20.1 Å². The fourth-order valence-electron chi connectivity index (χ4n) is 3.21. The SMILES string of the molecule is C=C[C@H](C)CC(=C)C1C/C=C/CC/C=C/C(O)=C/c2c(C)c(O)cc(O)c2C(=O)O1.CC.O=CC(F)(F)F. The van der Waals surface area contributed by atoms with Crippen molar-refractivity contribution in [2.24, 2.45) is 5.92 Å². The van der Waals surface area contributed by atoms with E-state index in [-0.39, 0.29) is 28.6 Å². The molecule has 0 fully saturated rings. The highest BCUT2D eigenvalue weighted by atomic mass is 19.4. The highest BCUT2D eigenvalue weighted by Gasteiger charge is 2.26. The van der Waals surface area contributed by atoms with E-state index in [2.05, 4.69) is 13.2 Å². The summed E-state index contributed by atoms with van der Waals surface area (Å²) in [4.78, 5) is 21.8. The zero-order chi connectivity index (χ0) is 29.5. The lowest BCUT2D eigenvalue weighted by Crippen LogP contribution is -2.21. The number of rotatable bonds is 4. The lowest BCUT2D eigenvalue weighted by Gasteiger charge is -2.22. The Labute approximate surface area is 222 Å². The van der Waals surface area contributed by atoms with Crippen LogP contribution in [0.4, 0.5) is 13.2 Å². The lowest BCUT2D eigenvalue weighted by molar-refractivity contribution is -0.156. The molecule has 2 rings (SSSR count). The molecule has 1 aliphatic rings. The Kier molecular flexibility index (Phi) is 15.2. The fraction of sp³-hybridized carbons (Fsp3) is 0.379. The summed E-state index contributed by atoms with van der Waals surface area (Å²) >= 11 is 0. The second-order valence-electron chi connectivity index (χ2n) is 8.21. The lowest BCUT2D eigenvalue weighted by atomic mass is 9.96. The first-order valence-corrected chi connectivity index (χ1v) is 12.1. The number of cyclic esters (lactones) is 1. The molecule has 1 aromatic carbocycles. The molecule has 2 atom stereocenters. The van der Waals surface area contributed by atoms with Crippen LogP contribution in [0.5, 0.6) is 11.5 Å². The number of halogens is 3. The van der Waals surface area contributed by atoms with Crippen LogP contribution < -0.4 is 0 Å². The van der Waals surface area contributed by atoms with Crippen molar-refractivity contribution in [2.75, 3.05) is 0 Å². The number of fused-ring (bicyclic) bond motifs is 1. The first-order chi connectivity index (χ1) is 17.8. The van der Waals surface area contributed by atoms with Crippen molar-refractivity contribution in [2.45, 2.75) is 65.7 Å². The Morgan fingerprint density at radius 1 is 1.16 bits per heavy atom. The van der Waals surface area contributed by atoms with Crippen LogP contribution >= 0.6 is 0 Å². The minimum absolute atomic E-state index is 0.0982. The highest BCUT2D eigenvalue weighted by molar-refractivity contribution is 5.98. The second kappa shape index (κ2) is 16.9. The number of hydrogen-bond donors (Lipinski definition) is 3. The Hall–Kier alpha value is -3.75. The molecule has 1 unspecified atom stereocenters. The Morgan fingerprint density at radius 3 is 2.29 bits per heavy atom. The number of aromatic hydroxyl groups is 2. The van der Waals surface area contributed by atoms with Crippen molar-refractivity contribution in [3.8, 4) is 11.5 Å². The van der Waals surface area contributed by atoms with Crippen molar-refractivity contribution in [3.05, 3.63) is 77.6 Å². The molecule has 1 heterocycles. The summed E-state index contributed by atoms with van der Waals surface area (Å²) in [5.41, 5.74) is 1.20. The third kappa shape index (κ3) is 12.0. The van der Waals surface area contributed by atoms with Crippen LogP contribution in [-0.2, 0) is 9.53 Å². The maximum absolute atomic E-state index is 13.1. The number of phenolic OH excluding ortho intramolecular Hbond substituents is 2. The van der Waals surface area contributed by atoms with Crippen LogP contribution in [0.15, 0.2) is 60.9 Å². The molecule has 6 nitrogen and oxygen atoms in total. The molecule has 3 N–H and O–H groups in total. The average Bonchev–Trinajstić information content (AvgIpc) is 2.86. The number of hydrogen-bond acceptors (Lipinski definition) is 6. The van der Waals surface area contributed by atoms with E-state index in [1.807, 2.05) is 45.1 Å². The number of aliphatic hydroxyl groups excluding tert-OH is 1. The smallest absolute Gasteiger partial charge is 0.446 e. The van der Waals surface area contributed by atoms with E-state index in [1.165, 1.54) is 12.2 Å². The van der Waals surface area contributed by atoms with Gasteiger partial charge in [0.2, 0.25) is 6.29 Å². The van der Waals surface area contributed by atoms with Crippen LogP contribution in [0.1, 0.15) is 67.9 Å². The van der Waals surface area contributed by atoms with E-state index in [0.717, 1.165) is 24.5 Å². The van der Waals surface area contributed by atoms with Gasteiger partial charge in [-0.25, -0.2) is 4.79 Å². The molecular formula is C29H37F3O6. The van der Waals surface area contributed by atoms with E-state index in [1.54, 1.807) is 6.92 Å². The third-order valence-corrected chi connectivity index (χ3v) is 5.21. The minimum atomic E-state index is -4.64. The van der Waals surface area contributed by atoms with Gasteiger partial charge in [0, 0.05) is 18.1 Å². The van der Waals surface area contributed by atoms with Gasteiger partial charge >= 0.3 is 12.1 Å². The van der Waals surface area contributed by atoms with Gasteiger partial charge in [0.05, 0.1) is 0 Å². The zero-order valence-electron chi connectivity index (χ0n) is 22.2. The topological polar surface area (TPSA) is 104 Å². The van der Waals surface area contributed by atoms with Gasteiger partial charge in [-0.05, 0) is 55.4 Å². The summed E-state index contributed by atoms with van der Waals surface area (Å²) in [7, 11) is 0. The predicted molar refractivity (Wildman–Crippen MR) is 143 cm³/mol. The van der Waals surface area contributed by atoms with E-state index in [4.69, 9.17) is 9.53 Å². The molecule has 0 saturated carbocycles. The second-order valence-corrected chi connectivity index (χ2v) is 8.21. The van der Waals surface area contributed by atoms with Crippen LogP contribution in [0.25, 0.3) is 6.08 Å². The molecule has 1 aromatic rings. The van der Waals surface area contributed by atoms with E-state index in [9.17, 15) is 33.3 Å². The molecule has 0 aromatic heterocycles. The van der Waals surface area contributed by atoms with E-state index >= 15 is 0 Å². The standard InChI is InChI=1S/C25H30O5.C2HF3O.C2H6/c1-5-16(2)13-17(3)23-12-10-8-6-7-9-11-19(26)14-20-18(4)21(27)15-22(28)24(20)25(29)30-23;3-2(4,5)1-6;1-2/h5,8-11,14-16,23,26-28H,1,3,6-7,12-13H2,2,4H3;1H;1-2H3/b10-8+,11-9+,19-14-;;/t16-,23?;;/m0../s1. The summed E-state index contributed by atoms with van der Waals surface area (Å²) < 4.78 is 37.0. The number of esters is 1. The van der Waals surface area contributed by atoms with E-state index in [0.29, 0.717) is 18.4 Å². The van der Waals surface area contributed by atoms with Crippen molar-refractivity contribution < 1.29 is 42.8 Å². The molecule has 0 radical (unpaired) electrons. The predicted octanol–water partition coefficient (Wildman–Crippen LogP) is 7.67. The summed E-state index contributed by atoms with van der Waals surface area (Å²) in [6, 6.07) is 1.10. The van der Waals surface area contributed by atoms with Crippen LogP contribution in [-0.4, -0.2) is 39.9 Å². The quantitative estimate of drug-likeness (QED) is 0.206. The molecular weight excluding hydrogens is 501 g/mol. The summed E-state index contributed by atoms with van der Waals surface area (Å²) in [6.07, 6.45) is 6.75. The van der Waals surface area contributed by atoms with Gasteiger partial charge in [-0.1, -0.05) is 51.7 Å². The summed E-state index contributed by atoms with van der Waals surface area (Å²) in [5.74, 6) is -1.27. The van der Waals surface area contributed by atoms with Crippen molar-refractivity contribution in [1.29, 1.82) is 0 Å². The Morgan fingerprint density at radius 2 is 1.74 bits per heavy atom. The number of alkyl halides is 3. The maximum Gasteiger partial charge on any atom is 0.446 e. The summed E-state index contributed by atoms with van der Waals surface area (Å²) in [6.45, 7) is 15.5. The molecule has 0 spiro atoms. The molecule has 0 bridgehead atoms. The molecule has 0 saturated heterocycles. The average molecular weight is 539 g/mol. The first kappa shape index (κ1) is 34.2. The molecule has 0 aliphatic carbocycles. The molecule has 1 aliphatic heterocycles. The van der Waals surface area contributed by atoms with Gasteiger partial charge in [0.15, 0.2) is 0 Å². The Bertz CT molecular complexity index is 1050. The molecule has 0 amide bonds. The number of aliphatic hydroxyl groups is 1. The van der Waals surface area contributed by atoms with Crippen LogP contribution in [0.2, 0.25) is 0 Å². The highest BCUT2D eigenvalue weighted by Crippen LogP contribution is 2.35. The molecule has 9 heteroatoms. The van der Waals surface area contributed by atoms with Crippen molar-refractivity contribution in [3.63, 3.8) is 0 Å². The van der Waals surface area contributed by atoms with Gasteiger partial charge in [-0.3, -0.25) is 4.79 Å². The summed E-state index contributed by atoms with van der Waals surface area (Å²) in [5, 5.41) is 30.7. The fourth-order valence-corrected chi connectivity index (χ4v) is 3.21. The van der Waals surface area contributed by atoms with Crippen molar-refractivity contribution in [1.82, 2.24) is 0 Å². The third-order valence-electron chi connectivity index (χ3n) is 5.21. The van der Waals surface area contributed by atoms with E-state index < -0.39 is 30.3 Å². The van der Waals surface area contributed by atoms with Gasteiger partial charge in [0.25, 0.3) is 0 Å². The number of ether oxygens (including phenoxy) is 1. The normalized spacial score (nSPS) is 19.6.